The Bertz CT molecular complexity index is 282. The summed E-state index contributed by atoms with van der Waals surface area (Å²) in [5.74, 6) is -0.293. The van der Waals surface area contributed by atoms with Crippen molar-refractivity contribution in [1.82, 2.24) is 4.90 Å². The molecule has 0 saturated carbocycles. The van der Waals surface area contributed by atoms with Crippen LogP contribution in [0.3, 0.4) is 0 Å². The molecule has 16 heavy (non-hydrogen) atoms. The van der Waals surface area contributed by atoms with E-state index >= 15 is 0 Å². The van der Waals surface area contributed by atoms with Crippen molar-refractivity contribution in [3.8, 4) is 0 Å². The molecule has 1 aliphatic heterocycles. The summed E-state index contributed by atoms with van der Waals surface area (Å²) >= 11 is 0. The Kier molecular flexibility index (Phi) is 3.78. The van der Waals surface area contributed by atoms with E-state index in [1.165, 1.54) is 7.11 Å². The Balaban J connectivity index is 2.43. The van der Waals surface area contributed by atoms with Gasteiger partial charge in [-0.25, -0.2) is 4.79 Å². The zero-order valence-electron chi connectivity index (χ0n) is 10.3. The molecule has 1 heterocycles. The van der Waals surface area contributed by atoms with Crippen LogP contribution in [0.15, 0.2) is 0 Å². The summed E-state index contributed by atoms with van der Waals surface area (Å²) in [5, 5.41) is 0. The van der Waals surface area contributed by atoms with Crippen LogP contribution >= 0.6 is 0 Å². The number of carbonyl (C=O) groups is 2. The normalized spacial score (nSPS) is 20.0. The number of rotatable bonds is 2. The first-order valence-electron chi connectivity index (χ1n) is 5.40. The Labute approximate surface area is 95.7 Å². The van der Waals surface area contributed by atoms with Gasteiger partial charge in [0.05, 0.1) is 13.5 Å². The van der Waals surface area contributed by atoms with Gasteiger partial charge in [0.25, 0.3) is 0 Å². The maximum atomic E-state index is 11.7. The third kappa shape index (κ3) is 3.40. The minimum absolute atomic E-state index is 0.0673. The van der Waals surface area contributed by atoms with E-state index < -0.39 is 5.60 Å². The van der Waals surface area contributed by atoms with Crippen LogP contribution in [0, 0.1) is 0 Å². The third-order valence-electron chi connectivity index (χ3n) is 2.40. The van der Waals surface area contributed by atoms with Crippen molar-refractivity contribution in [1.29, 1.82) is 0 Å². The molecule has 5 heteroatoms. The number of hydrogen-bond acceptors (Lipinski definition) is 4. The highest BCUT2D eigenvalue weighted by molar-refractivity contribution is 5.73. The zero-order valence-corrected chi connectivity index (χ0v) is 10.3. The van der Waals surface area contributed by atoms with Crippen LogP contribution in [0.25, 0.3) is 0 Å². The van der Waals surface area contributed by atoms with E-state index in [4.69, 9.17) is 4.74 Å². The summed E-state index contributed by atoms with van der Waals surface area (Å²) in [5.41, 5.74) is -0.498. The average Bonchev–Trinajstić information content (AvgIpc) is 2.08. The highest BCUT2D eigenvalue weighted by Gasteiger charge is 2.36. The Morgan fingerprint density at radius 1 is 1.38 bits per heavy atom. The number of nitrogens with zero attached hydrogens (tertiary/aromatic N) is 1. The number of amides is 1. The Morgan fingerprint density at radius 2 is 2.00 bits per heavy atom. The molecule has 0 aliphatic carbocycles. The fourth-order valence-corrected chi connectivity index (χ4v) is 1.49. The van der Waals surface area contributed by atoms with Gasteiger partial charge in [0.2, 0.25) is 0 Å². The van der Waals surface area contributed by atoms with Crippen molar-refractivity contribution in [2.45, 2.75) is 45.3 Å². The summed E-state index contributed by atoms with van der Waals surface area (Å²) in [6, 6.07) is -0.0673. The second-order valence-corrected chi connectivity index (χ2v) is 4.90. The van der Waals surface area contributed by atoms with Gasteiger partial charge in [0.1, 0.15) is 5.60 Å². The molecular weight excluding hydrogens is 210 g/mol. The summed E-state index contributed by atoms with van der Waals surface area (Å²) in [6.07, 6.45) is 0.719. The molecule has 0 spiro atoms. The van der Waals surface area contributed by atoms with E-state index in [-0.39, 0.29) is 24.5 Å². The van der Waals surface area contributed by atoms with E-state index in [1.807, 2.05) is 20.8 Å². The summed E-state index contributed by atoms with van der Waals surface area (Å²) in [7, 11) is 1.35. The van der Waals surface area contributed by atoms with E-state index in [0.717, 1.165) is 6.42 Å². The van der Waals surface area contributed by atoms with Crippen molar-refractivity contribution in [3.05, 3.63) is 0 Å². The molecule has 0 aromatic heterocycles. The number of likely N-dealkylation sites (tertiary alicyclic amines) is 1. The van der Waals surface area contributed by atoms with E-state index in [0.29, 0.717) is 6.54 Å². The van der Waals surface area contributed by atoms with E-state index in [1.54, 1.807) is 4.90 Å². The highest BCUT2D eigenvalue weighted by atomic mass is 16.6. The monoisotopic (exact) mass is 229 g/mol. The number of methoxy groups -OCH3 is 1. The molecular formula is C11H19NO4. The molecule has 1 saturated heterocycles. The second kappa shape index (κ2) is 4.72. The fourth-order valence-electron chi connectivity index (χ4n) is 1.49. The highest BCUT2D eigenvalue weighted by Crippen LogP contribution is 2.23. The summed E-state index contributed by atoms with van der Waals surface area (Å²) in [6.45, 7) is 6.11. The van der Waals surface area contributed by atoms with Crippen LogP contribution in [0.2, 0.25) is 0 Å². The van der Waals surface area contributed by atoms with Crippen LogP contribution in [0.1, 0.15) is 33.6 Å². The standard InChI is InChI=1S/C11H19NO4/c1-11(2,3)16-10(14)12-6-5-8(12)7-9(13)15-4/h8H,5-7H2,1-4H3/t8-/m0/s1. The topological polar surface area (TPSA) is 55.8 Å². The van der Waals surface area contributed by atoms with Crippen molar-refractivity contribution >= 4 is 12.1 Å². The van der Waals surface area contributed by atoms with Gasteiger partial charge in [-0.05, 0) is 27.2 Å². The van der Waals surface area contributed by atoms with Gasteiger partial charge in [-0.2, -0.15) is 0 Å². The van der Waals surface area contributed by atoms with Gasteiger partial charge in [0.15, 0.2) is 0 Å². The first-order valence-corrected chi connectivity index (χ1v) is 5.40. The minimum atomic E-state index is -0.498. The molecule has 1 amide bonds. The largest absolute Gasteiger partial charge is 0.469 e. The predicted octanol–water partition coefficient (Wildman–Crippen LogP) is 1.56. The van der Waals surface area contributed by atoms with Crippen molar-refractivity contribution < 1.29 is 19.1 Å². The lowest BCUT2D eigenvalue weighted by molar-refractivity contribution is -0.143. The van der Waals surface area contributed by atoms with Gasteiger partial charge in [-0.1, -0.05) is 0 Å². The molecule has 1 atom stereocenters. The Hall–Kier alpha value is -1.26. The van der Waals surface area contributed by atoms with Crippen LogP contribution in [-0.2, 0) is 14.3 Å². The summed E-state index contributed by atoms with van der Waals surface area (Å²) in [4.78, 5) is 24.3. The van der Waals surface area contributed by atoms with Gasteiger partial charge in [0, 0.05) is 12.6 Å². The minimum Gasteiger partial charge on any atom is -0.469 e. The van der Waals surface area contributed by atoms with Gasteiger partial charge in [-0.3, -0.25) is 4.79 Å². The molecule has 0 bridgehead atoms. The molecule has 92 valence electrons. The zero-order chi connectivity index (χ0) is 12.3. The third-order valence-corrected chi connectivity index (χ3v) is 2.40. The Morgan fingerprint density at radius 3 is 2.38 bits per heavy atom. The van der Waals surface area contributed by atoms with Crippen LogP contribution in [0.4, 0.5) is 4.79 Å². The summed E-state index contributed by atoms with van der Waals surface area (Å²) < 4.78 is 9.79. The van der Waals surface area contributed by atoms with E-state index in [2.05, 4.69) is 4.74 Å². The number of hydrogen-bond donors (Lipinski definition) is 0. The lowest BCUT2D eigenvalue weighted by Crippen LogP contribution is -2.53. The van der Waals surface area contributed by atoms with Crippen molar-refractivity contribution in [3.63, 3.8) is 0 Å². The van der Waals surface area contributed by atoms with Crippen LogP contribution in [0.5, 0.6) is 0 Å². The van der Waals surface area contributed by atoms with Crippen LogP contribution < -0.4 is 0 Å². The van der Waals surface area contributed by atoms with Gasteiger partial charge >= 0.3 is 12.1 Å². The SMILES string of the molecule is COC(=O)C[C@@H]1CCN1C(=O)OC(C)(C)C. The molecule has 1 rings (SSSR count). The lowest BCUT2D eigenvalue weighted by atomic mass is 10.0. The number of carbonyl (C=O) groups excluding carboxylic acids is 2. The lowest BCUT2D eigenvalue weighted by Gasteiger charge is -2.40. The van der Waals surface area contributed by atoms with Gasteiger partial charge < -0.3 is 14.4 Å². The molecule has 0 radical (unpaired) electrons. The first kappa shape index (κ1) is 12.8. The second-order valence-electron chi connectivity index (χ2n) is 4.90. The first-order chi connectivity index (χ1) is 7.33. The quantitative estimate of drug-likeness (QED) is 0.674. The van der Waals surface area contributed by atoms with E-state index in [9.17, 15) is 9.59 Å². The molecule has 0 aromatic carbocycles. The average molecular weight is 229 g/mol. The number of esters is 1. The van der Waals surface area contributed by atoms with Crippen LogP contribution in [-0.4, -0.2) is 42.3 Å². The number of ether oxygens (including phenoxy) is 2. The maximum Gasteiger partial charge on any atom is 0.410 e. The van der Waals surface area contributed by atoms with Gasteiger partial charge in [-0.15, -0.1) is 0 Å². The molecule has 0 aromatic rings. The molecule has 1 aliphatic rings. The van der Waals surface area contributed by atoms with Crippen molar-refractivity contribution in [2.75, 3.05) is 13.7 Å². The smallest absolute Gasteiger partial charge is 0.410 e. The fraction of sp³-hybridized carbons (Fsp3) is 0.818. The molecule has 1 fully saturated rings. The maximum absolute atomic E-state index is 11.7. The molecule has 0 unspecified atom stereocenters. The predicted molar refractivity (Wildman–Crippen MR) is 58.0 cm³/mol. The molecule has 0 N–H and O–H groups in total. The molecule has 5 nitrogen and oxygen atoms in total. The van der Waals surface area contributed by atoms with Crippen molar-refractivity contribution in [2.24, 2.45) is 0 Å².